The van der Waals surface area contributed by atoms with Crippen molar-refractivity contribution in [3.63, 3.8) is 0 Å². The van der Waals surface area contributed by atoms with Crippen molar-refractivity contribution in [1.29, 1.82) is 0 Å². The molecule has 1 aliphatic rings. The first-order valence-electron chi connectivity index (χ1n) is 7.06. The van der Waals surface area contributed by atoms with Crippen molar-refractivity contribution in [2.24, 2.45) is 0 Å². The first-order chi connectivity index (χ1) is 9.22. The molecule has 1 atom stereocenters. The standard InChI is InChI=1S/C15H23ClN2S/c1-3-6-17-10-13-4-5-14(9-15(13)16)18-7-8-19-11-12(18)2/h4-5,9,12,17H,3,6-8,10-11H2,1-2H3. The molecule has 0 bridgehead atoms. The van der Waals surface area contributed by atoms with Crippen LogP contribution in [0.4, 0.5) is 5.69 Å². The molecule has 1 aliphatic heterocycles. The van der Waals surface area contributed by atoms with Crippen molar-refractivity contribution in [2.75, 3.05) is 29.5 Å². The summed E-state index contributed by atoms with van der Waals surface area (Å²) in [5, 5.41) is 4.28. The molecule has 0 amide bonds. The highest BCUT2D eigenvalue weighted by Gasteiger charge is 2.19. The quantitative estimate of drug-likeness (QED) is 0.833. The molecule has 0 aliphatic carbocycles. The Bertz CT molecular complexity index is 411. The Labute approximate surface area is 125 Å². The Kier molecular flexibility index (Phi) is 5.86. The minimum atomic E-state index is 0.596. The third-order valence-corrected chi connectivity index (χ3v) is 5.02. The topological polar surface area (TPSA) is 15.3 Å². The Hall–Kier alpha value is -0.380. The van der Waals surface area contributed by atoms with Gasteiger partial charge in [-0.25, -0.2) is 0 Å². The molecule has 0 radical (unpaired) electrons. The molecule has 2 nitrogen and oxygen atoms in total. The lowest BCUT2D eigenvalue weighted by Gasteiger charge is -2.35. The number of nitrogens with one attached hydrogen (secondary N) is 1. The lowest BCUT2D eigenvalue weighted by atomic mass is 10.1. The third-order valence-electron chi connectivity index (χ3n) is 3.48. The van der Waals surface area contributed by atoms with Gasteiger partial charge in [0.05, 0.1) is 0 Å². The monoisotopic (exact) mass is 298 g/mol. The molecule has 2 rings (SSSR count). The maximum atomic E-state index is 6.40. The van der Waals surface area contributed by atoms with Crippen molar-refractivity contribution in [2.45, 2.75) is 32.9 Å². The van der Waals surface area contributed by atoms with Crippen LogP contribution in [-0.4, -0.2) is 30.6 Å². The van der Waals surface area contributed by atoms with Crippen LogP contribution in [0.15, 0.2) is 18.2 Å². The Morgan fingerprint density at radius 1 is 1.47 bits per heavy atom. The van der Waals surface area contributed by atoms with Crippen LogP contribution >= 0.6 is 23.4 Å². The van der Waals surface area contributed by atoms with E-state index < -0.39 is 0 Å². The van der Waals surface area contributed by atoms with Gasteiger partial charge in [-0.05, 0) is 37.6 Å². The SMILES string of the molecule is CCCNCc1ccc(N2CCSCC2C)cc1Cl. The predicted molar refractivity (Wildman–Crippen MR) is 87.6 cm³/mol. The van der Waals surface area contributed by atoms with Gasteiger partial charge in [0.1, 0.15) is 0 Å². The first-order valence-corrected chi connectivity index (χ1v) is 8.59. The van der Waals surface area contributed by atoms with Crippen molar-refractivity contribution < 1.29 is 0 Å². The van der Waals surface area contributed by atoms with Gasteiger partial charge in [-0.3, -0.25) is 0 Å². The zero-order valence-electron chi connectivity index (χ0n) is 11.8. The minimum absolute atomic E-state index is 0.596. The fraction of sp³-hybridized carbons (Fsp3) is 0.600. The second-order valence-electron chi connectivity index (χ2n) is 5.07. The number of halogens is 1. The van der Waals surface area contributed by atoms with E-state index in [1.54, 1.807) is 0 Å². The van der Waals surface area contributed by atoms with E-state index in [9.17, 15) is 0 Å². The lowest BCUT2D eigenvalue weighted by Crippen LogP contribution is -2.40. The molecule has 1 unspecified atom stereocenters. The van der Waals surface area contributed by atoms with Crippen molar-refractivity contribution in [3.05, 3.63) is 28.8 Å². The average Bonchev–Trinajstić information content (AvgIpc) is 2.41. The molecule has 1 aromatic carbocycles. The zero-order valence-corrected chi connectivity index (χ0v) is 13.4. The number of rotatable bonds is 5. The minimum Gasteiger partial charge on any atom is -0.367 e. The average molecular weight is 299 g/mol. The molecule has 1 fully saturated rings. The zero-order chi connectivity index (χ0) is 13.7. The molecule has 19 heavy (non-hydrogen) atoms. The molecule has 0 spiro atoms. The summed E-state index contributed by atoms with van der Waals surface area (Å²) in [6.07, 6.45) is 1.15. The Morgan fingerprint density at radius 3 is 3.00 bits per heavy atom. The van der Waals surface area contributed by atoms with Gasteiger partial charge >= 0.3 is 0 Å². The lowest BCUT2D eigenvalue weighted by molar-refractivity contribution is 0.674. The van der Waals surface area contributed by atoms with E-state index in [-0.39, 0.29) is 0 Å². The molecular formula is C15H23ClN2S. The van der Waals surface area contributed by atoms with E-state index in [0.29, 0.717) is 6.04 Å². The molecular weight excluding hydrogens is 276 g/mol. The molecule has 0 aromatic heterocycles. The highest BCUT2D eigenvalue weighted by atomic mass is 35.5. The van der Waals surface area contributed by atoms with Crippen LogP contribution in [-0.2, 0) is 6.54 Å². The van der Waals surface area contributed by atoms with E-state index in [0.717, 1.165) is 31.1 Å². The molecule has 4 heteroatoms. The van der Waals surface area contributed by atoms with Crippen LogP contribution in [0.5, 0.6) is 0 Å². The van der Waals surface area contributed by atoms with E-state index >= 15 is 0 Å². The summed E-state index contributed by atoms with van der Waals surface area (Å²) in [6, 6.07) is 7.09. The number of thioether (sulfide) groups is 1. The Balaban J connectivity index is 2.05. The van der Waals surface area contributed by atoms with Crippen molar-refractivity contribution in [3.8, 4) is 0 Å². The van der Waals surface area contributed by atoms with Crippen molar-refractivity contribution in [1.82, 2.24) is 5.32 Å². The van der Waals surface area contributed by atoms with Crippen LogP contribution in [0.3, 0.4) is 0 Å². The van der Waals surface area contributed by atoms with Gasteiger partial charge in [0.2, 0.25) is 0 Å². The highest BCUT2D eigenvalue weighted by Crippen LogP contribution is 2.28. The van der Waals surface area contributed by atoms with E-state index in [4.69, 9.17) is 11.6 Å². The number of nitrogens with zero attached hydrogens (tertiary/aromatic N) is 1. The second kappa shape index (κ2) is 7.41. The van der Waals surface area contributed by atoms with Gasteiger partial charge in [0.15, 0.2) is 0 Å². The van der Waals surface area contributed by atoms with Gasteiger partial charge in [0.25, 0.3) is 0 Å². The van der Waals surface area contributed by atoms with Gasteiger partial charge in [-0.1, -0.05) is 24.6 Å². The van der Waals surface area contributed by atoms with E-state index in [2.05, 4.69) is 42.3 Å². The smallest absolute Gasteiger partial charge is 0.0471 e. The van der Waals surface area contributed by atoms with Gasteiger partial charge in [-0.2, -0.15) is 11.8 Å². The summed E-state index contributed by atoms with van der Waals surface area (Å²) in [6.45, 7) is 7.48. The van der Waals surface area contributed by atoms with Crippen LogP contribution in [0, 0.1) is 0 Å². The molecule has 106 valence electrons. The highest BCUT2D eigenvalue weighted by molar-refractivity contribution is 7.99. The number of benzene rings is 1. The molecule has 1 aromatic rings. The second-order valence-corrected chi connectivity index (χ2v) is 6.63. The van der Waals surface area contributed by atoms with Gasteiger partial charge in [-0.15, -0.1) is 0 Å². The number of anilines is 1. The molecule has 1 heterocycles. The summed E-state index contributed by atoms with van der Waals surface area (Å²) in [5.41, 5.74) is 2.45. The van der Waals surface area contributed by atoms with Crippen LogP contribution in [0.1, 0.15) is 25.8 Å². The normalized spacial score (nSPS) is 19.7. The fourth-order valence-electron chi connectivity index (χ4n) is 2.37. The largest absolute Gasteiger partial charge is 0.367 e. The van der Waals surface area contributed by atoms with E-state index in [1.807, 2.05) is 11.8 Å². The van der Waals surface area contributed by atoms with Crippen LogP contribution < -0.4 is 10.2 Å². The Morgan fingerprint density at radius 2 is 2.32 bits per heavy atom. The number of hydrogen-bond acceptors (Lipinski definition) is 3. The van der Waals surface area contributed by atoms with Crippen LogP contribution in [0.2, 0.25) is 5.02 Å². The molecule has 0 saturated carbocycles. The van der Waals surface area contributed by atoms with Gasteiger partial charge in [0, 0.05) is 41.3 Å². The fourth-order valence-corrected chi connectivity index (χ4v) is 3.62. The van der Waals surface area contributed by atoms with Crippen LogP contribution in [0.25, 0.3) is 0 Å². The molecule has 1 N–H and O–H groups in total. The maximum Gasteiger partial charge on any atom is 0.0471 e. The van der Waals surface area contributed by atoms with Gasteiger partial charge < -0.3 is 10.2 Å². The summed E-state index contributed by atoms with van der Waals surface area (Å²) >= 11 is 8.44. The summed E-state index contributed by atoms with van der Waals surface area (Å²) in [4.78, 5) is 2.46. The third kappa shape index (κ3) is 4.04. The summed E-state index contributed by atoms with van der Waals surface area (Å²) in [7, 11) is 0. The number of hydrogen-bond donors (Lipinski definition) is 1. The first kappa shape index (κ1) is 15.0. The maximum absolute atomic E-state index is 6.40. The summed E-state index contributed by atoms with van der Waals surface area (Å²) in [5.74, 6) is 2.42. The molecule has 1 saturated heterocycles. The van der Waals surface area contributed by atoms with Crippen molar-refractivity contribution >= 4 is 29.1 Å². The van der Waals surface area contributed by atoms with E-state index in [1.165, 1.54) is 22.8 Å². The summed E-state index contributed by atoms with van der Waals surface area (Å²) < 4.78 is 0. The predicted octanol–water partition coefficient (Wildman–Crippen LogP) is 3.78.